The van der Waals surface area contributed by atoms with E-state index >= 15 is 0 Å². The van der Waals surface area contributed by atoms with Gasteiger partial charge < -0.3 is 4.57 Å². The van der Waals surface area contributed by atoms with E-state index in [0.29, 0.717) is 5.56 Å². The number of nitrogens with zero attached hydrogens (tertiary/aromatic N) is 2. The maximum absolute atomic E-state index is 13.0. The predicted molar refractivity (Wildman–Crippen MR) is 75.2 cm³/mol. The Labute approximate surface area is 114 Å². The van der Waals surface area contributed by atoms with Crippen molar-refractivity contribution < 1.29 is 4.39 Å². The summed E-state index contributed by atoms with van der Waals surface area (Å²) in [4.78, 5) is 0. The number of amidine groups is 1. The third-order valence-electron chi connectivity index (χ3n) is 3.18. The van der Waals surface area contributed by atoms with Gasteiger partial charge in [0.2, 0.25) is 0 Å². The van der Waals surface area contributed by atoms with Crippen LogP contribution in [0.3, 0.4) is 0 Å². The molecule has 1 heterocycles. The Bertz CT molecular complexity index is 802. The second-order valence-electron chi connectivity index (χ2n) is 4.40. The second kappa shape index (κ2) is 4.70. The lowest BCUT2D eigenvalue weighted by Crippen LogP contribution is -1.95. The molecule has 3 rings (SSSR count). The average Bonchev–Trinajstić information content (AvgIpc) is 2.90. The first kappa shape index (κ1) is 12.2. The highest BCUT2D eigenvalue weighted by Crippen LogP contribution is 2.22. The van der Waals surface area contributed by atoms with Crippen LogP contribution in [0, 0.1) is 16.8 Å². The van der Waals surface area contributed by atoms with Gasteiger partial charge in [0.15, 0.2) is 5.84 Å². The fraction of sp³-hybridized carbons (Fsp3) is 0. The van der Waals surface area contributed by atoms with E-state index in [9.17, 15) is 4.39 Å². The van der Waals surface area contributed by atoms with Gasteiger partial charge in [0.25, 0.3) is 0 Å². The van der Waals surface area contributed by atoms with Gasteiger partial charge in [0.05, 0.1) is 5.52 Å². The number of hydrogen-bond donors (Lipinski definition) is 2. The summed E-state index contributed by atoms with van der Waals surface area (Å²) in [5, 5.41) is 11.6. The molecule has 4 nitrogen and oxygen atoms in total. The molecular weight excluding hydrogens is 255 g/mol. The summed E-state index contributed by atoms with van der Waals surface area (Å²) in [5.41, 5.74) is 9.30. The minimum atomic E-state index is -0.266. The predicted octanol–water partition coefficient (Wildman–Crippen LogP) is 4.13. The van der Waals surface area contributed by atoms with Gasteiger partial charge in [-0.15, -0.1) is 5.11 Å². The molecule has 5 heteroatoms. The Kier molecular flexibility index (Phi) is 2.87. The van der Waals surface area contributed by atoms with Crippen LogP contribution in [0.15, 0.2) is 59.8 Å². The van der Waals surface area contributed by atoms with Crippen LogP contribution >= 0.6 is 0 Å². The number of hydrogen-bond acceptors (Lipinski definition) is 2. The van der Waals surface area contributed by atoms with Crippen LogP contribution in [-0.2, 0) is 0 Å². The fourth-order valence-electron chi connectivity index (χ4n) is 2.18. The van der Waals surface area contributed by atoms with Crippen molar-refractivity contribution in [2.45, 2.75) is 0 Å². The zero-order valence-corrected chi connectivity index (χ0v) is 10.5. The quantitative estimate of drug-likeness (QED) is 0.398. The molecule has 0 saturated carbocycles. The van der Waals surface area contributed by atoms with Crippen LogP contribution in [0.2, 0.25) is 0 Å². The third kappa shape index (κ3) is 1.99. The Hall–Kier alpha value is -2.82. The van der Waals surface area contributed by atoms with E-state index in [1.54, 1.807) is 18.2 Å². The monoisotopic (exact) mass is 266 g/mol. The molecule has 0 amide bonds. The Morgan fingerprint density at radius 3 is 2.50 bits per heavy atom. The molecular formula is C15H11FN4. The summed E-state index contributed by atoms with van der Waals surface area (Å²) in [6, 6.07) is 13.6. The van der Waals surface area contributed by atoms with E-state index in [1.165, 1.54) is 12.1 Å². The fourth-order valence-corrected chi connectivity index (χ4v) is 2.18. The second-order valence-corrected chi connectivity index (χ2v) is 4.40. The van der Waals surface area contributed by atoms with Gasteiger partial charge in [-0.1, -0.05) is 0 Å². The van der Waals surface area contributed by atoms with Crippen molar-refractivity contribution in [1.29, 1.82) is 10.9 Å². The number of benzene rings is 2. The van der Waals surface area contributed by atoms with E-state index in [1.807, 2.05) is 29.0 Å². The number of rotatable bonds is 2. The number of fused-ring (bicyclic) bond motifs is 1. The summed E-state index contributed by atoms with van der Waals surface area (Å²) < 4.78 is 14.9. The van der Waals surface area contributed by atoms with E-state index in [2.05, 4.69) is 5.11 Å². The first-order valence-corrected chi connectivity index (χ1v) is 6.02. The lowest BCUT2D eigenvalue weighted by molar-refractivity contribution is 0.627. The van der Waals surface area contributed by atoms with Crippen LogP contribution in [-0.4, -0.2) is 10.4 Å². The summed E-state index contributed by atoms with van der Waals surface area (Å²) >= 11 is 0. The Balaban J connectivity index is 2.12. The number of aromatic nitrogens is 1. The first-order valence-electron chi connectivity index (χ1n) is 6.02. The van der Waals surface area contributed by atoms with Gasteiger partial charge in [0.1, 0.15) is 5.82 Å². The molecule has 0 aliphatic rings. The van der Waals surface area contributed by atoms with Crippen molar-refractivity contribution >= 4 is 16.7 Å². The van der Waals surface area contributed by atoms with Crippen molar-refractivity contribution in [2.75, 3.05) is 0 Å². The zero-order valence-electron chi connectivity index (χ0n) is 10.5. The van der Waals surface area contributed by atoms with E-state index < -0.39 is 0 Å². The molecule has 0 radical (unpaired) electrons. The normalized spacial score (nSPS) is 10.7. The molecule has 20 heavy (non-hydrogen) atoms. The Morgan fingerprint density at radius 1 is 1.05 bits per heavy atom. The first-order chi connectivity index (χ1) is 9.69. The highest BCUT2D eigenvalue weighted by atomic mass is 19.1. The van der Waals surface area contributed by atoms with E-state index in [-0.39, 0.29) is 11.7 Å². The van der Waals surface area contributed by atoms with Crippen LogP contribution in [0.1, 0.15) is 5.56 Å². The standard InChI is InChI=1S/C15H11FN4/c16-12-2-4-13(5-3-12)20-8-7-10-9-11(15(17)19-18)1-6-14(10)20/h1-9,17-18H. The maximum atomic E-state index is 13.0. The molecule has 0 aliphatic carbocycles. The molecule has 98 valence electrons. The molecule has 0 aliphatic heterocycles. The molecule has 1 aromatic heterocycles. The Morgan fingerprint density at radius 2 is 1.80 bits per heavy atom. The largest absolute Gasteiger partial charge is 0.317 e. The highest BCUT2D eigenvalue weighted by molar-refractivity contribution is 6.00. The van der Waals surface area contributed by atoms with Gasteiger partial charge >= 0.3 is 0 Å². The van der Waals surface area contributed by atoms with Crippen molar-refractivity contribution in [3.8, 4) is 5.69 Å². The molecule has 3 aromatic rings. The van der Waals surface area contributed by atoms with Gasteiger partial charge in [-0.2, -0.15) is 0 Å². The van der Waals surface area contributed by atoms with Crippen LogP contribution in [0.25, 0.3) is 16.6 Å². The van der Waals surface area contributed by atoms with Crippen LogP contribution in [0.5, 0.6) is 0 Å². The van der Waals surface area contributed by atoms with Crippen molar-refractivity contribution in [3.05, 3.63) is 66.1 Å². The SMILES string of the molecule is N=NC(=N)c1ccc2c(ccn2-c2ccc(F)cc2)c1. The van der Waals surface area contributed by atoms with Gasteiger partial charge in [-0.3, -0.25) is 5.41 Å². The molecule has 0 saturated heterocycles. The smallest absolute Gasteiger partial charge is 0.173 e. The molecule has 0 bridgehead atoms. The zero-order chi connectivity index (χ0) is 14.1. The van der Waals surface area contributed by atoms with Crippen LogP contribution < -0.4 is 0 Å². The third-order valence-corrected chi connectivity index (χ3v) is 3.18. The van der Waals surface area contributed by atoms with Gasteiger partial charge in [-0.25, -0.2) is 9.92 Å². The molecule has 2 N–H and O–H groups in total. The molecule has 0 unspecified atom stereocenters. The number of nitrogens with one attached hydrogen (secondary N) is 2. The van der Waals surface area contributed by atoms with E-state index in [0.717, 1.165) is 16.6 Å². The average molecular weight is 266 g/mol. The van der Waals surface area contributed by atoms with Crippen molar-refractivity contribution in [3.63, 3.8) is 0 Å². The molecule has 0 spiro atoms. The molecule has 0 fully saturated rings. The number of halogens is 1. The summed E-state index contributed by atoms with van der Waals surface area (Å²) in [7, 11) is 0. The molecule has 0 atom stereocenters. The van der Waals surface area contributed by atoms with Crippen molar-refractivity contribution in [2.24, 2.45) is 5.11 Å². The van der Waals surface area contributed by atoms with Crippen molar-refractivity contribution in [1.82, 2.24) is 4.57 Å². The minimum Gasteiger partial charge on any atom is -0.317 e. The highest BCUT2D eigenvalue weighted by Gasteiger charge is 2.06. The summed E-state index contributed by atoms with van der Waals surface area (Å²) in [6.07, 6.45) is 1.89. The topological polar surface area (TPSA) is 65.0 Å². The lowest BCUT2D eigenvalue weighted by atomic mass is 10.1. The maximum Gasteiger partial charge on any atom is 0.173 e. The summed E-state index contributed by atoms with van der Waals surface area (Å²) in [5.74, 6) is -0.334. The molecule has 2 aromatic carbocycles. The lowest BCUT2D eigenvalue weighted by Gasteiger charge is -2.06. The van der Waals surface area contributed by atoms with Crippen LogP contribution in [0.4, 0.5) is 4.39 Å². The van der Waals surface area contributed by atoms with E-state index in [4.69, 9.17) is 10.9 Å². The minimum absolute atomic E-state index is 0.0681. The van der Waals surface area contributed by atoms with Gasteiger partial charge in [-0.05, 0) is 48.5 Å². The summed E-state index contributed by atoms with van der Waals surface area (Å²) in [6.45, 7) is 0. The van der Waals surface area contributed by atoms with Gasteiger partial charge in [0, 0.05) is 22.8 Å².